The van der Waals surface area contributed by atoms with E-state index in [4.69, 9.17) is 25.8 Å². The molecule has 0 aliphatic carbocycles. The van der Waals surface area contributed by atoms with E-state index in [0.29, 0.717) is 23.1 Å². The van der Waals surface area contributed by atoms with Crippen molar-refractivity contribution in [3.63, 3.8) is 0 Å². The van der Waals surface area contributed by atoms with Gasteiger partial charge in [0.05, 0.1) is 32.0 Å². The summed E-state index contributed by atoms with van der Waals surface area (Å²) in [5, 5.41) is 3.47. The van der Waals surface area contributed by atoms with E-state index in [2.05, 4.69) is 17.1 Å². The zero-order valence-corrected chi connectivity index (χ0v) is 17.2. The summed E-state index contributed by atoms with van der Waals surface area (Å²) in [5.74, 6) is 0.905. The Hall–Kier alpha value is -1.76. The molecule has 6 nitrogen and oxygen atoms in total. The summed E-state index contributed by atoms with van der Waals surface area (Å²) in [4.78, 5) is 14.6. The van der Waals surface area contributed by atoms with Crippen LogP contribution in [0.15, 0.2) is 18.2 Å². The Kier molecular flexibility index (Phi) is 8.41. The normalized spacial score (nSPS) is 17.5. The Balaban J connectivity index is 1.99. The number of hydrogen-bond donors (Lipinski definition) is 1. The quantitative estimate of drug-likeness (QED) is 0.684. The highest BCUT2D eigenvalue weighted by atomic mass is 35.5. The summed E-state index contributed by atoms with van der Waals surface area (Å²) in [6.07, 6.45) is 3.23. The van der Waals surface area contributed by atoms with Gasteiger partial charge in [-0.25, -0.2) is 0 Å². The third-order valence-electron chi connectivity index (χ3n) is 4.68. The molecular weight excluding hydrogens is 368 g/mol. The number of nitrogens with one attached hydrogen (secondary N) is 1. The van der Waals surface area contributed by atoms with Gasteiger partial charge < -0.3 is 19.5 Å². The molecule has 0 aromatic heterocycles. The fourth-order valence-electron chi connectivity index (χ4n) is 3.01. The maximum atomic E-state index is 12.3. The molecular formula is C20H29ClN2O4. The van der Waals surface area contributed by atoms with Crippen molar-refractivity contribution in [2.75, 3.05) is 40.0 Å². The number of nitrogens with zero attached hydrogens (tertiary/aromatic N) is 1. The predicted octanol–water partition coefficient (Wildman–Crippen LogP) is 2.99. The van der Waals surface area contributed by atoms with Crippen LogP contribution in [0.5, 0.6) is 11.5 Å². The van der Waals surface area contributed by atoms with E-state index < -0.39 is 0 Å². The summed E-state index contributed by atoms with van der Waals surface area (Å²) >= 11 is 6.24. The zero-order valence-electron chi connectivity index (χ0n) is 16.5. The molecule has 1 saturated heterocycles. The number of carbonyl (C=O) groups excluding carboxylic acids is 1. The average molecular weight is 397 g/mol. The van der Waals surface area contributed by atoms with E-state index in [1.54, 1.807) is 25.3 Å². The lowest BCUT2D eigenvalue weighted by Gasteiger charge is -2.35. The smallest absolute Gasteiger partial charge is 0.244 e. The average Bonchev–Trinajstić information content (AvgIpc) is 2.66. The predicted molar refractivity (Wildman–Crippen MR) is 108 cm³/mol. The van der Waals surface area contributed by atoms with Gasteiger partial charge in [0.15, 0.2) is 11.5 Å². The molecule has 0 bridgehead atoms. The Labute approximate surface area is 166 Å². The van der Waals surface area contributed by atoms with Gasteiger partial charge in [0, 0.05) is 31.2 Å². The minimum Gasteiger partial charge on any atom is -0.491 e. The van der Waals surface area contributed by atoms with Crippen LogP contribution < -0.4 is 14.8 Å². The van der Waals surface area contributed by atoms with Crippen LogP contribution in [-0.4, -0.2) is 62.9 Å². The van der Waals surface area contributed by atoms with E-state index in [0.717, 1.165) is 31.9 Å². The van der Waals surface area contributed by atoms with E-state index in [-0.39, 0.29) is 18.0 Å². The molecule has 1 aliphatic rings. The Morgan fingerprint density at radius 3 is 2.70 bits per heavy atom. The molecule has 0 saturated carbocycles. The molecule has 2 rings (SSSR count). The second-order valence-electron chi connectivity index (χ2n) is 6.49. The minimum absolute atomic E-state index is 0.0266. The number of carbonyl (C=O) groups is 1. The first-order chi connectivity index (χ1) is 13.0. The van der Waals surface area contributed by atoms with E-state index in [9.17, 15) is 4.79 Å². The molecule has 7 heteroatoms. The van der Waals surface area contributed by atoms with Crippen LogP contribution in [-0.2, 0) is 9.53 Å². The molecule has 1 aromatic rings. The highest BCUT2D eigenvalue weighted by Crippen LogP contribution is 2.36. The van der Waals surface area contributed by atoms with Crippen molar-refractivity contribution < 1.29 is 19.0 Å². The first-order valence-electron chi connectivity index (χ1n) is 9.27. The van der Waals surface area contributed by atoms with E-state index in [1.165, 1.54) is 6.08 Å². The first kappa shape index (κ1) is 21.5. The standard InChI is InChI=1S/C20H29ClN2O4/c1-5-27-18-13-16(12-17(21)20(18)25-4)6-7-19(24)22-14(2)15(3)23-8-10-26-11-9-23/h6-7,12-15H,5,8-11H2,1-4H3,(H,22,24)/b7-6+. The van der Waals surface area contributed by atoms with Crippen LogP contribution in [0.2, 0.25) is 5.02 Å². The van der Waals surface area contributed by atoms with E-state index >= 15 is 0 Å². The number of halogens is 1. The third-order valence-corrected chi connectivity index (χ3v) is 4.96. The van der Waals surface area contributed by atoms with Gasteiger partial charge in [0.2, 0.25) is 5.91 Å². The number of amides is 1. The van der Waals surface area contributed by atoms with Crippen molar-refractivity contribution >= 4 is 23.6 Å². The molecule has 1 fully saturated rings. The summed E-state index contributed by atoms with van der Waals surface area (Å²) < 4.78 is 16.2. The maximum Gasteiger partial charge on any atom is 0.244 e. The van der Waals surface area contributed by atoms with Crippen molar-refractivity contribution in [1.82, 2.24) is 10.2 Å². The van der Waals surface area contributed by atoms with Crippen LogP contribution in [0.25, 0.3) is 6.08 Å². The van der Waals surface area contributed by atoms with Crippen molar-refractivity contribution in [2.24, 2.45) is 0 Å². The van der Waals surface area contributed by atoms with Gasteiger partial charge in [-0.2, -0.15) is 0 Å². The topological polar surface area (TPSA) is 60.0 Å². The number of hydrogen-bond acceptors (Lipinski definition) is 5. The Bertz CT molecular complexity index is 660. The van der Waals surface area contributed by atoms with Crippen LogP contribution in [0.1, 0.15) is 26.3 Å². The monoisotopic (exact) mass is 396 g/mol. The van der Waals surface area contributed by atoms with Crippen molar-refractivity contribution in [2.45, 2.75) is 32.9 Å². The molecule has 2 unspecified atom stereocenters. The lowest BCUT2D eigenvalue weighted by molar-refractivity contribution is -0.117. The SMILES string of the molecule is CCOc1cc(/C=C/C(=O)NC(C)C(C)N2CCOCC2)cc(Cl)c1OC. The molecule has 1 aliphatic heterocycles. The maximum absolute atomic E-state index is 12.3. The number of rotatable bonds is 8. The first-order valence-corrected chi connectivity index (χ1v) is 9.64. The van der Waals surface area contributed by atoms with Gasteiger partial charge in [-0.3, -0.25) is 9.69 Å². The van der Waals surface area contributed by atoms with Gasteiger partial charge in [0.25, 0.3) is 0 Å². The molecule has 1 N–H and O–H groups in total. The fourth-order valence-corrected chi connectivity index (χ4v) is 3.31. The molecule has 150 valence electrons. The van der Waals surface area contributed by atoms with Crippen LogP contribution in [0.4, 0.5) is 0 Å². The summed E-state index contributed by atoms with van der Waals surface area (Å²) in [5.41, 5.74) is 0.772. The molecule has 0 radical (unpaired) electrons. The van der Waals surface area contributed by atoms with Crippen LogP contribution >= 0.6 is 11.6 Å². The Morgan fingerprint density at radius 2 is 2.07 bits per heavy atom. The largest absolute Gasteiger partial charge is 0.491 e. The fraction of sp³-hybridized carbons (Fsp3) is 0.550. The molecule has 1 amide bonds. The lowest BCUT2D eigenvalue weighted by Crippen LogP contribution is -2.51. The molecule has 27 heavy (non-hydrogen) atoms. The summed E-state index contributed by atoms with van der Waals surface area (Å²) in [6.45, 7) is 9.79. The van der Waals surface area contributed by atoms with Crippen molar-refractivity contribution in [1.29, 1.82) is 0 Å². The Morgan fingerprint density at radius 1 is 1.37 bits per heavy atom. The zero-order chi connectivity index (χ0) is 19.8. The molecule has 2 atom stereocenters. The van der Waals surface area contributed by atoms with Gasteiger partial charge in [-0.15, -0.1) is 0 Å². The second-order valence-corrected chi connectivity index (χ2v) is 6.89. The minimum atomic E-state index is -0.146. The summed E-state index contributed by atoms with van der Waals surface area (Å²) in [7, 11) is 1.55. The van der Waals surface area contributed by atoms with Gasteiger partial charge in [-0.1, -0.05) is 11.6 Å². The third kappa shape index (κ3) is 6.13. The number of ether oxygens (including phenoxy) is 3. The highest BCUT2D eigenvalue weighted by molar-refractivity contribution is 6.32. The van der Waals surface area contributed by atoms with Crippen molar-refractivity contribution in [3.05, 3.63) is 28.8 Å². The highest BCUT2D eigenvalue weighted by Gasteiger charge is 2.22. The van der Waals surface area contributed by atoms with Crippen LogP contribution in [0, 0.1) is 0 Å². The van der Waals surface area contributed by atoms with Crippen LogP contribution in [0.3, 0.4) is 0 Å². The molecule has 1 heterocycles. The van der Waals surface area contributed by atoms with Gasteiger partial charge >= 0.3 is 0 Å². The molecule has 1 aromatic carbocycles. The number of methoxy groups -OCH3 is 1. The summed E-state index contributed by atoms with van der Waals surface area (Å²) in [6, 6.07) is 3.81. The lowest BCUT2D eigenvalue weighted by atomic mass is 10.1. The molecule has 0 spiro atoms. The number of benzene rings is 1. The van der Waals surface area contributed by atoms with E-state index in [1.807, 2.05) is 13.8 Å². The second kappa shape index (κ2) is 10.5. The van der Waals surface area contributed by atoms with Gasteiger partial charge in [0.1, 0.15) is 0 Å². The van der Waals surface area contributed by atoms with Gasteiger partial charge in [-0.05, 0) is 44.5 Å². The number of morpholine rings is 1. The van der Waals surface area contributed by atoms with Crippen molar-refractivity contribution in [3.8, 4) is 11.5 Å².